The van der Waals surface area contributed by atoms with Crippen LogP contribution in [-0.2, 0) is 10.8 Å². The maximum atomic E-state index is 13.3. The van der Waals surface area contributed by atoms with Gasteiger partial charge in [0.05, 0.1) is 16.4 Å². The molecular weight excluding hydrogens is 416 g/mol. The van der Waals surface area contributed by atoms with Crippen LogP contribution in [0, 0.1) is 0 Å². The molecule has 2 unspecified atom stereocenters. The Morgan fingerprint density at radius 1 is 1.06 bits per heavy atom. The molecule has 1 aromatic carbocycles. The molecular formula is C27H30N2O2S. The lowest BCUT2D eigenvalue weighted by atomic mass is 9.69. The zero-order valence-electron chi connectivity index (χ0n) is 19.5. The van der Waals surface area contributed by atoms with Crippen molar-refractivity contribution >= 4 is 33.5 Å². The van der Waals surface area contributed by atoms with Gasteiger partial charge >= 0.3 is 5.63 Å². The molecule has 0 radical (unpaired) electrons. The van der Waals surface area contributed by atoms with Crippen LogP contribution in [0.2, 0.25) is 0 Å². The van der Waals surface area contributed by atoms with Gasteiger partial charge in [0.15, 0.2) is 0 Å². The van der Waals surface area contributed by atoms with Gasteiger partial charge in [0, 0.05) is 29.7 Å². The minimum absolute atomic E-state index is 0.0391. The molecule has 3 aliphatic heterocycles. The van der Waals surface area contributed by atoms with Crippen LogP contribution in [0.3, 0.4) is 0 Å². The Morgan fingerprint density at radius 2 is 1.81 bits per heavy atom. The molecule has 2 aromatic rings. The van der Waals surface area contributed by atoms with Crippen LogP contribution in [-0.4, -0.2) is 28.9 Å². The molecule has 0 N–H and O–H groups in total. The number of hydrogen-bond donors (Lipinski definition) is 0. The quantitative estimate of drug-likeness (QED) is 0.527. The first-order chi connectivity index (χ1) is 15.1. The predicted octanol–water partition coefficient (Wildman–Crippen LogP) is 5.71. The Kier molecular flexibility index (Phi) is 4.07. The summed E-state index contributed by atoms with van der Waals surface area (Å²) < 4.78 is 6.01. The molecule has 4 nitrogen and oxygen atoms in total. The summed E-state index contributed by atoms with van der Waals surface area (Å²) in [6, 6.07) is 4.37. The highest BCUT2D eigenvalue weighted by Gasteiger charge is 2.43. The number of fused-ring (bicyclic) bond motifs is 3. The monoisotopic (exact) mass is 446 g/mol. The summed E-state index contributed by atoms with van der Waals surface area (Å²) in [5, 5.41) is 1.81. The summed E-state index contributed by atoms with van der Waals surface area (Å²) >= 11 is 1.67. The summed E-state index contributed by atoms with van der Waals surface area (Å²) in [6.45, 7) is 13.6. The van der Waals surface area contributed by atoms with Gasteiger partial charge in [-0.2, -0.15) is 0 Å². The van der Waals surface area contributed by atoms with Gasteiger partial charge in [-0.25, -0.2) is 4.79 Å². The van der Waals surface area contributed by atoms with E-state index in [4.69, 9.17) is 9.41 Å². The van der Waals surface area contributed by atoms with Crippen molar-refractivity contribution in [3.63, 3.8) is 0 Å². The second-order valence-electron chi connectivity index (χ2n) is 11.2. The lowest BCUT2D eigenvalue weighted by Gasteiger charge is -2.48. The molecule has 166 valence electrons. The van der Waals surface area contributed by atoms with Crippen LogP contribution in [0.1, 0.15) is 64.2 Å². The average molecular weight is 447 g/mol. The first-order valence-electron chi connectivity index (χ1n) is 11.6. The third-order valence-corrected chi connectivity index (χ3v) is 9.29. The number of hydrogen-bond acceptors (Lipinski definition) is 5. The van der Waals surface area contributed by atoms with Crippen molar-refractivity contribution in [3.8, 4) is 0 Å². The van der Waals surface area contributed by atoms with Gasteiger partial charge < -0.3 is 9.32 Å². The third-order valence-electron chi connectivity index (χ3n) is 7.95. The number of nitrogens with zero attached hydrogens (tertiary/aromatic N) is 2. The standard InChI is InChI=1S/C27H30N2O2S/c1-25(2)10-12-29-13-11-26(3,4)20-21(29)18(25)15-16-14-17(24(30)31-22(16)20)23-28-19-8-6-7-9-27(19,5)32-23/h6-9,14-15,19H,10-13H2,1-5H3. The molecule has 0 saturated heterocycles. The predicted molar refractivity (Wildman–Crippen MR) is 135 cm³/mol. The summed E-state index contributed by atoms with van der Waals surface area (Å²) in [7, 11) is 0. The molecule has 2 atom stereocenters. The summed E-state index contributed by atoms with van der Waals surface area (Å²) in [6.07, 6.45) is 10.6. The van der Waals surface area contributed by atoms with Gasteiger partial charge in [0.2, 0.25) is 0 Å². The van der Waals surface area contributed by atoms with E-state index in [0.717, 1.165) is 41.9 Å². The van der Waals surface area contributed by atoms with Crippen LogP contribution in [0.5, 0.6) is 0 Å². The second kappa shape index (κ2) is 6.40. The molecule has 1 aromatic heterocycles. The lowest BCUT2D eigenvalue weighted by Crippen LogP contribution is -2.44. The molecule has 4 heterocycles. The number of benzene rings is 1. The summed E-state index contributed by atoms with van der Waals surface area (Å²) in [5.74, 6) is 0. The highest BCUT2D eigenvalue weighted by molar-refractivity contribution is 8.16. The molecule has 0 saturated carbocycles. The number of thioether (sulfide) groups is 1. The highest BCUT2D eigenvalue weighted by Crippen LogP contribution is 2.52. The highest BCUT2D eigenvalue weighted by atomic mass is 32.2. The van der Waals surface area contributed by atoms with E-state index in [1.54, 1.807) is 11.8 Å². The fraction of sp³-hybridized carbons (Fsp3) is 0.481. The normalized spacial score (nSPS) is 29.1. The van der Waals surface area contributed by atoms with Gasteiger partial charge in [-0.15, -0.1) is 0 Å². The smallest absolute Gasteiger partial charge is 0.346 e. The molecule has 6 rings (SSSR count). The van der Waals surface area contributed by atoms with Gasteiger partial charge in [-0.1, -0.05) is 63.8 Å². The molecule has 1 aliphatic carbocycles. The molecule has 0 spiro atoms. The Morgan fingerprint density at radius 3 is 2.56 bits per heavy atom. The Balaban J connectivity index is 1.60. The Labute approximate surface area is 193 Å². The van der Waals surface area contributed by atoms with Crippen LogP contribution in [0.25, 0.3) is 11.0 Å². The molecule has 32 heavy (non-hydrogen) atoms. The van der Waals surface area contributed by atoms with E-state index in [0.29, 0.717) is 5.56 Å². The van der Waals surface area contributed by atoms with Crippen LogP contribution < -0.4 is 10.5 Å². The number of rotatable bonds is 1. The van der Waals surface area contributed by atoms with Crippen molar-refractivity contribution in [3.05, 3.63) is 63.5 Å². The molecule has 0 fully saturated rings. The van der Waals surface area contributed by atoms with Gasteiger partial charge in [0.25, 0.3) is 0 Å². The zero-order valence-corrected chi connectivity index (χ0v) is 20.3. The fourth-order valence-electron chi connectivity index (χ4n) is 5.76. The first-order valence-corrected chi connectivity index (χ1v) is 12.4. The summed E-state index contributed by atoms with van der Waals surface area (Å²) in [5.41, 5.74) is 5.02. The second-order valence-corrected chi connectivity index (χ2v) is 12.6. The van der Waals surface area contributed by atoms with Gasteiger partial charge in [-0.05, 0) is 48.3 Å². The fourth-order valence-corrected chi connectivity index (χ4v) is 6.99. The van der Waals surface area contributed by atoms with Crippen LogP contribution in [0.15, 0.2) is 50.6 Å². The number of allylic oxidation sites excluding steroid dienone is 2. The maximum absolute atomic E-state index is 13.3. The average Bonchev–Trinajstić information content (AvgIpc) is 3.08. The topological polar surface area (TPSA) is 45.8 Å². The molecule has 5 heteroatoms. The lowest BCUT2D eigenvalue weighted by molar-refractivity contribution is 0.398. The van der Waals surface area contributed by atoms with Crippen molar-refractivity contribution in [1.29, 1.82) is 0 Å². The van der Waals surface area contributed by atoms with Crippen molar-refractivity contribution < 1.29 is 4.42 Å². The van der Waals surface area contributed by atoms with Gasteiger partial charge in [-0.3, -0.25) is 4.99 Å². The molecule has 4 aliphatic rings. The minimum atomic E-state index is -0.279. The molecule has 0 bridgehead atoms. The Bertz CT molecular complexity index is 1310. The van der Waals surface area contributed by atoms with E-state index >= 15 is 0 Å². The van der Waals surface area contributed by atoms with E-state index in [9.17, 15) is 4.79 Å². The zero-order chi connectivity index (χ0) is 22.5. The van der Waals surface area contributed by atoms with E-state index < -0.39 is 0 Å². The van der Waals surface area contributed by atoms with E-state index in [1.165, 1.54) is 16.8 Å². The van der Waals surface area contributed by atoms with Crippen molar-refractivity contribution in [1.82, 2.24) is 0 Å². The first kappa shape index (κ1) is 20.3. The van der Waals surface area contributed by atoms with Crippen molar-refractivity contribution in [2.45, 2.75) is 69.1 Å². The van der Waals surface area contributed by atoms with Crippen LogP contribution >= 0.6 is 11.8 Å². The SMILES string of the molecule is CC1(C)CCN2CCC(C)(C)c3c2c1cc1cc(C2=NC4C=CC=CC4(C)S2)c(=O)oc31. The van der Waals surface area contributed by atoms with E-state index in [2.05, 4.69) is 63.8 Å². The summed E-state index contributed by atoms with van der Waals surface area (Å²) in [4.78, 5) is 20.7. The van der Waals surface area contributed by atoms with E-state index in [1.807, 2.05) is 12.1 Å². The third kappa shape index (κ3) is 2.76. The van der Waals surface area contributed by atoms with Gasteiger partial charge in [0.1, 0.15) is 10.6 Å². The van der Waals surface area contributed by atoms with Crippen molar-refractivity contribution in [2.75, 3.05) is 18.0 Å². The van der Waals surface area contributed by atoms with Crippen LogP contribution in [0.4, 0.5) is 5.69 Å². The largest absolute Gasteiger partial charge is 0.422 e. The molecule has 0 amide bonds. The number of aliphatic imine (C=N–C) groups is 1. The van der Waals surface area contributed by atoms with E-state index in [-0.39, 0.29) is 27.2 Å². The minimum Gasteiger partial charge on any atom is -0.422 e. The number of anilines is 1. The maximum Gasteiger partial charge on any atom is 0.346 e. The Hall–Kier alpha value is -2.27. The van der Waals surface area contributed by atoms with Crippen molar-refractivity contribution in [2.24, 2.45) is 4.99 Å².